The molecule has 0 saturated heterocycles. The van der Waals surface area contributed by atoms with Gasteiger partial charge < -0.3 is 4.74 Å². The number of benzene rings is 1. The summed E-state index contributed by atoms with van der Waals surface area (Å²) < 4.78 is 32.1. The van der Waals surface area contributed by atoms with Crippen molar-refractivity contribution in [3.8, 4) is 0 Å². The van der Waals surface area contributed by atoms with E-state index in [9.17, 15) is 18.4 Å². The van der Waals surface area contributed by atoms with Crippen LogP contribution in [0.2, 0.25) is 0 Å². The Balaban J connectivity index is 2.51. The second kappa shape index (κ2) is 4.45. The zero-order chi connectivity index (χ0) is 13.4. The van der Waals surface area contributed by atoms with Gasteiger partial charge in [-0.3, -0.25) is 14.5 Å². The minimum atomic E-state index is -1.02. The van der Waals surface area contributed by atoms with Crippen LogP contribution in [0.15, 0.2) is 12.1 Å². The van der Waals surface area contributed by atoms with Gasteiger partial charge in [-0.1, -0.05) is 0 Å². The molecule has 1 heterocycles. The van der Waals surface area contributed by atoms with Crippen LogP contribution in [-0.2, 0) is 9.53 Å². The van der Waals surface area contributed by atoms with Crippen molar-refractivity contribution in [1.82, 2.24) is 0 Å². The molecule has 1 aromatic rings. The third-order valence-electron chi connectivity index (χ3n) is 2.86. The number of ketones is 1. The summed E-state index contributed by atoms with van der Waals surface area (Å²) in [7, 11) is 1.43. The number of hydrogen-bond donors (Lipinski definition) is 0. The third-order valence-corrected chi connectivity index (χ3v) is 2.86. The van der Waals surface area contributed by atoms with Gasteiger partial charge in [0.25, 0.3) is 11.7 Å². The molecule has 1 atom stereocenters. The molecule has 0 aliphatic carbocycles. The molecule has 0 saturated carbocycles. The highest BCUT2D eigenvalue weighted by atomic mass is 19.1. The van der Waals surface area contributed by atoms with Crippen molar-refractivity contribution in [2.75, 3.05) is 18.6 Å². The number of fused-ring (bicyclic) bond motifs is 1. The van der Waals surface area contributed by atoms with E-state index >= 15 is 0 Å². The Kier molecular flexibility index (Phi) is 3.13. The van der Waals surface area contributed by atoms with Crippen molar-refractivity contribution in [2.45, 2.75) is 13.0 Å². The lowest BCUT2D eigenvalue weighted by atomic mass is 10.1. The van der Waals surface area contributed by atoms with E-state index in [-0.39, 0.29) is 12.2 Å². The predicted molar refractivity (Wildman–Crippen MR) is 59.5 cm³/mol. The van der Waals surface area contributed by atoms with Crippen LogP contribution in [0.4, 0.5) is 14.5 Å². The molecule has 1 aliphatic rings. The van der Waals surface area contributed by atoms with Crippen molar-refractivity contribution in [1.29, 1.82) is 0 Å². The quantitative estimate of drug-likeness (QED) is 0.769. The molecule has 0 radical (unpaired) electrons. The van der Waals surface area contributed by atoms with E-state index in [0.717, 1.165) is 17.0 Å². The molecule has 0 fully saturated rings. The number of carbonyl (C=O) groups excluding carboxylic acids is 2. The zero-order valence-electron chi connectivity index (χ0n) is 9.87. The van der Waals surface area contributed by atoms with Crippen LogP contribution in [-0.4, -0.2) is 31.4 Å². The predicted octanol–water partition coefficient (Wildman–Crippen LogP) is 1.53. The molecule has 4 nitrogen and oxygen atoms in total. The van der Waals surface area contributed by atoms with Gasteiger partial charge in [0.15, 0.2) is 0 Å². The van der Waals surface area contributed by atoms with Gasteiger partial charge in [-0.25, -0.2) is 8.78 Å². The zero-order valence-corrected chi connectivity index (χ0v) is 9.87. The fourth-order valence-corrected chi connectivity index (χ4v) is 1.86. The first kappa shape index (κ1) is 12.6. The fourth-order valence-electron chi connectivity index (χ4n) is 1.86. The van der Waals surface area contributed by atoms with E-state index in [1.165, 1.54) is 7.11 Å². The van der Waals surface area contributed by atoms with Crippen LogP contribution >= 0.6 is 0 Å². The summed E-state index contributed by atoms with van der Waals surface area (Å²) in [5.41, 5.74) is -0.794. The highest BCUT2D eigenvalue weighted by Gasteiger charge is 2.40. The van der Waals surface area contributed by atoms with Crippen LogP contribution in [0.5, 0.6) is 0 Å². The Hall–Kier alpha value is -1.82. The van der Waals surface area contributed by atoms with Gasteiger partial charge in [0.05, 0.1) is 23.9 Å². The molecule has 2 rings (SSSR count). The highest BCUT2D eigenvalue weighted by molar-refractivity contribution is 6.52. The third kappa shape index (κ3) is 1.78. The first-order valence-electron chi connectivity index (χ1n) is 5.34. The van der Waals surface area contributed by atoms with Gasteiger partial charge in [-0.15, -0.1) is 0 Å². The maximum absolute atomic E-state index is 13.7. The number of methoxy groups -OCH3 is 1. The largest absolute Gasteiger partial charge is 0.380 e. The van der Waals surface area contributed by atoms with E-state index in [1.807, 2.05) is 0 Å². The molecule has 1 amide bonds. The van der Waals surface area contributed by atoms with Crippen LogP contribution in [0, 0.1) is 11.6 Å². The minimum absolute atomic E-state index is 0.00551. The van der Waals surface area contributed by atoms with Gasteiger partial charge in [-0.2, -0.15) is 0 Å². The summed E-state index contributed by atoms with van der Waals surface area (Å²) >= 11 is 0. The Morgan fingerprint density at radius 2 is 1.89 bits per heavy atom. The topological polar surface area (TPSA) is 46.6 Å². The SMILES string of the molecule is COC(C)CN1C(=O)C(=O)c2c(F)ccc(F)c21. The molecule has 96 valence electrons. The Bertz CT molecular complexity index is 530. The van der Waals surface area contributed by atoms with Crippen LogP contribution in [0.3, 0.4) is 0 Å². The van der Waals surface area contributed by atoms with Crippen molar-refractivity contribution >= 4 is 17.4 Å². The number of amides is 1. The molecule has 1 unspecified atom stereocenters. The number of carbonyl (C=O) groups is 2. The van der Waals surface area contributed by atoms with E-state index in [2.05, 4.69) is 0 Å². The molecule has 0 spiro atoms. The molecular formula is C12H11F2NO3. The van der Waals surface area contributed by atoms with E-state index in [1.54, 1.807) is 6.92 Å². The number of nitrogens with zero attached hydrogens (tertiary/aromatic N) is 1. The molecule has 0 bridgehead atoms. The molecule has 6 heteroatoms. The Morgan fingerprint density at radius 3 is 2.50 bits per heavy atom. The Morgan fingerprint density at radius 1 is 1.28 bits per heavy atom. The van der Waals surface area contributed by atoms with Crippen molar-refractivity contribution in [2.24, 2.45) is 0 Å². The van der Waals surface area contributed by atoms with Crippen molar-refractivity contribution in [3.63, 3.8) is 0 Å². The standard InChI is InChI=1S/C12H11F2NO3/c1-6(18-2)5-15-10-8(14)4-3-7(13)9(10)11(16)12(15)17/h3-4,6H,5H2,1-2H3. The summed E-state index contributed by atoms with van der Waals surface area (Å²) in [6.07, 6.45) is -0.393. The molecule has 0 N–H and O–H groups in total. The number of hydrogen-bond acceptors (Lipinski definition) is 3. The lowest BCUT2D eigenvalue weighted by Gasteiger charge is -2.20. The molecular weight excluding hydrogens is 244 g/mol. The number of ether oxygens (including phenoxy) is 1. The lowest BCUT2D eigenvalue weighted by molar-refractivity contribution is -0.114. The molecule has 18 heavy (non-hydrogen) atoms. The maximum Gasteiger partial charge on any atom is 0.299 e. The minimum Gasteiger partial charge on any atom is -0.380 e. The van der Waals surface area contributed by atoms with Gasteiger partial charge in [-0.05, 0) is 19.1 Å². The smallest absolute Gasteiger partial charge is 0.299 e. The second-order valence-corrected chi connectivity index (χ2v) is 4.04. The van der Waals surface area contributed by atoms with Crippen LogP contribution in [0.25, 0.3) is 0 Å². The fraction of sp³-hybridized carbons (Fsp3) is 0.333. The van der Waals surface area contributed by atoms with E-state index in [4.69, 9.17) is 4.74 Å². The first-order valence-corrected chi connectivity index (χ1v) is 5.34. The number of rotatable bonds is 3. The van der Waals surface area contributed by atoms with Gasteiger partial charge in [0, 0.05) is 7.11 Å². The second-order valence-electron chi connectivity index (χ2n) is 4.04. The molecule has 1 aromatic carbocycles. The normalized spacial score (nSPS) is 16.1. The lowest BCUT2D eigenvalue weighted by Crippen LogP contribution is -2.36. The first-order chi connectivity index (χ1) is 8.47. The van der Waals surface area contributed by atoms with Crippen molar-refractivity contribution < 1.29 is 23.1 Å². The average molecular weight is 255 g/mol. The summed E-state index contributed by atoms with van der Waals surface area (Å²) in [5.74, 6) is -3.64. The summed E-state index contributed by atoms with van der Waals surface area (Å²) in [6.45, 7) is 1.65. The number of Topliss-reactive ketones (excluding diaryl/α,β-unsaturated/α-hetero) is 1. The number of halogens is 2. The number of anilines is 1. The maximum atomic E-state index is 13.7. The average Bonchev–Trinajstić information content (AvgIpc) is 2.60. The monoisotopic (exact) mass is 255 g/mol. The molecule has 0 aromatic heterocycles. The summed E-state index contributed by atoms with van der Waals surface area (Å²) in [5, 5.41) is 0. The Labute approximate surface area is 102 Å². The van der Waals surface area contributed by atoms with Crippen molar-refractivity contribution in [3.05, 3.63) is 29.3 Å². The van der Waals surface area contributed by atoms with E-state index in [0.29, 0.717) is 0 Å². The molecule has 1 aliphatic heterocycles. The summed E-state index contributed by atoms with van der Waals surface area (Å²) in [6, 6.07) is 1.73. The highest BCUT2D eigenvalue weighted by Crippen LogP contribution is 2.33. The van der Waals surface area contributed by atoms with Gasteiger partial charge in [0.1, 0.15) is 11.6 Å². The summed E-state index contributed by atoms with van der Waals surface area (Å²) in [4.78, 5) is 24.2. The van der Waals surface area contributed by atoms with Crippen LogP contribution in [0.1, 0.15) is 17.3 Å². The van der Waals surface area contributed by atoms with E-state index < -0.39 is 35.0 Å². The van der Waals surface area contributed by atoms with Gasteiger partial charge in [0.2, 0.25) is 0 Å². The van der Waals surface area contributed by atoms with Crippen LogP contribution < -0.4 is 4.90 Å². The van der Waals surface area contributed by atoms with Gasteiger partial charge >= 0.3 is 0 Å².